The van der Waals surface area contributed by atoms with Gasteiger partial charge in [-0.25, -0.2) is 9.67 Å². The van der Waals surface area contributed by atoms with E-state index in [9.17, 15) is 18.3 Å². The molecule has 1 heterocycles. The van der Waals surface area contributed by atoms with Gasteiger partial charge in [-0.1, -0.05) is 0 Å². The van der Waals surface area contributed by atoms with Gasteiger partial charge in [-0.2, -0.15) is 18.3 Å². The number of aliphatic hydroxyl groups is 1. The van der Waals surface area contributed by atoms with Crippen molar-refractivity contribution >= 4 is 0 Å². The van der Waals surface area contributed by atoms with Crippen molar-refractivity contribution in [3.63, 3.8) is 0 Å². The predicted molar refractivity (Wildman–Crippen MR) is 57.9 cm³/mol. The molecular weight excluding hydrogens is 247 g/mol. The van der Waals surface area contributed by atoms with Crippen LogP contribution in [0.3, 0.4) is 0 Å². The third kappa shape index (κ3) is 2.50. The molecule has 0 amide bonds. The van der Waals surface area contributed by atoms with Crippen LogP contribution in [0.15, 0.2) is 0 Å². The van der Waals surface area contributed by atoms with Crippen LogP contribution in [0.1, 0.15) is 37.0 Å². The zero-order valence-electron chi connectivity index (χ0n) is 10.3. The topological polar surface area (TPSA) is 50.9 Å². The summed E-state index contributed by atoms with van der Waals surface area (Å²) in [4.78, 5) is 4.03. The van der Waals surface area contributed by atoms with Crippen LogP contribution in [0, 0.1) is 19.8 Å². The number of aliphatic hydroxyl groups excluding tert-OH is 1. The fourth-order valence-electron chi connectivity index (χ4n) is 2.63. The Morgan fingerprint density at radius 2 is 1.94 bits per heavy atom. The van der Waals surface area contributed by atoms with Crippen LogP contribution in [0.5, 0.6) is 0 Å². The molecule has 1 aliphatic carbocycles. The van der Waals surface area contributed by atoms with E-state index in [-0.39, 0.29) is 19.3 Å². The lowest BCUT2D eigenvalue weighted by molar-refractivity contribution is -0.199. The molecule has 0 saturated heterocycles. The van der Waals surface area contributed by atoms with Crippen LogP contribution >= 0.6 is 0 Å². The van der Waals surface area contributed by atoms with Gasteiger partial charge in [-0.3, -0.25) is 0 Å². The molecule has 0 spiro atoms. The molecule has 1 saturated carbocycles. The molecule has 7 heteroatoms. The first-order chi connectivity index (χ1) is 8.29. The molecule has 0 aromatic carbocycles. The summed E-state index contributed by atoms with van der Waals surface area (Å²) in [6.45, 7) is 3.28. The first-order valence-electron chi connectivity index (χ1n) is 5.93. The van der Waals surface area contributed by atoms with E-state index in [1.54, 1.807) is 13.8 Å². The number of rotatable bonds is 1. The fourth-order valence-corrected chi connectivity index (χ4v) is 2.63. The molecule has 1 aromatic heterocycles. The summed E-state index contributed by atoms with van der Waals surface area (Å²) in [5, 5.41) is 13.6. The lowest BCUT2D eigenvalue weighted by atomic mass is 9.82. The van der Waals surface area contributed by atoms with E-state index >= 15 is 0 Å². The van der Waals surface area contributed by atoms with Gasteiger partial charge in [0.15, 0.2) is 0 Å². The molecule has 1 N–H and O–H groups in total. The van der Waals surface area contributed by atoms with E-state index in [1.165, 1.54) is 4.68 Å². The molecule has 1 aliphatic rings. The minimum atomic E-state index is -4.27. The molecule has 3 atom stereocenters. The van der Waals surface area contributed by atoms with Gasteiger partial charge in [0.1, 0.15) is 11.6 Å². The Morgan fingerprint density at radius 1 is 1.28 bits per heavy atom. The molecule has 1 aromatic rings. The summed E-state index contributed by atoms with van der Waals surface area (Å²) in [5.74, 6) is -0.546. The standard InChI is InChI=1S/C11H16F3N3O/c1-6-15-7(2)17(16-6)10-5-8(18)3-4-9(10)11(12,13)14/h8-10,18H,3-5H2,1-2H3. The summed E-state index contributed by atoms with van der Waals surface area (Å²) >= 11 is 0. The average molecular weight is 263 g/mol. The van der Waals surface area contributed by atoms with Crippen molar-refractivity contribution in [2.45, 2.75) is 51.4 Å². The maximum absolute atomic E-state index is 13.0. The lowest BCUT2D eigenvalue weighted by Crippen LogP contribution is -2.39. The van der Waals surface area contributed by atoms with Crippen LogP contribution in [-0.2, 0) is 0 Å². The smallest absolute Gasteiger partial charge is 0.393 e. The highest BCUT2D eigenvalue weighted by molar-refractivity contribution is 4.95. The molecule has 4 nitrogen and oxygen atoms in total. The average Bonchev–Trinajstić information content (AvgIpc) is 2.55. The second-order valence-corrected chi connectivity index (χ2v) is 4.83. The minimum Gasteiger partial charge on any atom is -0.393 e. The lowest BCUT2D eigenvalue weighted by Gasteiger charge is -2.35. The van der Waals surface area contributed by atoms with E-state index in [0.717, 1.165) is 0 Å². The quantitative estimate of drug-likeness (QED) is 0.844. The number of nitrogens with zero attached hydrogens (tertiary/aromatic N) is 3. The molecule has 1 fully saturated rings. The Morgan fingerprint density at radius 3 is 2.44 bits per heavy atom. The Bertz CT molecular complexity index is 430. The normalized spacial score (nSPS) is 29.6. The van der Waals surface area contributed by atoms with Gasteiger partial charge in [-0.15, -0.1) is 0 Å². The van der Waals surface area contributed by atoms with Crippen molar-refractivity contribution in [1.29, 1.82) is 0 Å². The summed E-state index contributed by atoms with van der Waals surface area (Å²) in [5.41, 5.74) is 0. The van der Waals surface area contributed by atoms with Gasteiger partial charge in [0.05, 0.1) is 18.1 Å². The number of hydrogen-bond acceptors (Lipinski definition) is 3. The molecule has 3 unspecified atom stereocenters. The second kappa shape index (κ2) is 4.53. The van der Waals surface area contributed by atoms with E-state index in [0.29, 0.717) is 11.6 Å². The largest absolute Gasteiger partial charge is 0.393 e. The molecule has 0 aliphatic heterocycles. The van der Waals surface area contributed by atoms with Gasteiger partial charge in [0.25, 0.3) is 0 Å². The number of halogens is 3. The van der Waals surface area contributed by atoms with Gasteiger partial charge < -0.3 is 5.11 Å². The van der Waals surface area contributed by atoms with Crippen LogP contribution in [-0.4, -0.2) is 32.2 Å². The van der Waals surface area contributed by atoms with Gasteiger partial charge in [0.2, 0.25) is 0 Å². The summed E-state index contributed by atoms with van der Waals surface area (Å²) in [6, 6.07) is -0.852. The van der Waals surface area contributed by atoms with E-state index in [2.05, 4.69) is 10.1 Å². The van der Waals surface area contributed by atoms with Crippen LogP contribution in [0.25, 0.3) is 0 Å². The van der Waals surface area contributed by atoms with Crippen molar-refractivity contribution in [1.82, 2.24) is 14.8 Å². The maximum Gasteiger partial charge on any atom is 0.393 e. The van der Waals surface area contributed by atoms with Gasteiger partial charge in [-0.05, 0) is 33.1 Å². The van der Waals surface area contributed by atoms with E-state index in [1.807, 2.05) is 0 Å². The monoisotopic (exact) mass is 263 g/mol. The minimum absolute atomic E-state index is 0.0618. The number of hydrogen-bond donors (Lipinski definition) is 1. The third-order valence-electron chi connectivity index (χ3n) is 3.43. The highest BCUT2D eigenvalue weighted by Gasteiger charge is 2.48. The van der Waals surface area contributed by atoms with Gasteiger partial charge >= 0.3 is 6.18 Å². The molecule has 0 bridgehead atoms. The highest BCUT2D eigenvalue weighted by atomic mass is 19.4. The summed E-state index contributed by atoms with van der Waals surface area (Å²) < 4.78 is 40.3. The number of aryl methyl sites for hydroxylation is 2. The van der Waals surface area contributed by atoms with Crippen molar-refractivity contribution in [2.75, 3.05) is 0 Å². The molecular formula is C11H16F3N3O. The molecule has 2 rings (SSSR count). The first-order valence-corrected chi connectivity index (χ1v) is 5.93. The molecule has 18 heavy (non-hydrogen) atoms. The van der Waals surface area contributed by atoms with Crippen LogP contribution in [0.2, 0.25) is 0 Å². The highest BCUT2D eigenvalue weighted by Crippen LogP contribution is 2.44. The Balaban J connectivity index is 2.34. The predicted octanol–water partition coefficient (Wildman–Crippen LogP) is 2.16. The van der Waals surface area contributed by atoms with Crippen molar-refractivity contribution in [3.8, 4) is 0 Å². The zero-order valence-corrected chi connectivity index (χ0v) is 10.3. The fraction of sp³-hybridized carbons (Fsp3) is 0.818. The summed E-state index contributed by atoms with van der Waals surface area (Å²) in [6.07, 6.45) is -4.76. The Hall–Kier alpha value is -1.11. The van der Waals surface area contributed by atoms with Crippen molar-refractivity contribution in [2.24, 2.45) is 5.92 Å². The number of alkyl halides is 3. The first kappa shape index (κ1) is 13.3. The van der Waals surface area contributed by atoms with E-state index < -0.39 is 24.2 Å². The molecule has 0 radical (unpaired) electrons. The van der Waals surface area contributed by atoms with Crippen LogP contribution < -0.4 is 0 Å². The van der Waals surface area contributed by atoms with Gasteiger partial charge in [0, 0.05) is 0 Å². The third-order valence-corrected chi connectivity index (χ3v) is 3.43. The Kier molecular flexibility index (Phi) is 3.35. The molecule has 102 valence electrons. The van der Waals surface area contributed by atoms with Crippen molar-refractivity contribution < 1.29 is 18.3 Å². The SMILES string of the molecule is Cc1nc(C)n(C2CC(O)CCC2C(F)(F)F)n1. The zero-order chi connectivity index (χ0) is 13.5. The number of aromatic nitrogens is 3. The summed E-state index contributed by atoms with van der Waals surface area (Å²) in [7, 11) is 0. The van der Waals surface area contributed by atoms with Crippen molar-refractivity contribution in [3.05, 3.63) is 11.6 Å². The maximum atomic E-state index is 13.0. The van der Waals surface area contributed by atoms with Crippen LogP contribution in [0.4, 0.5) is 13.2 Å². The Labute approximate surface area is 103 Å². The van der Waals surface area contributed by atoms with E-state index in [4.69, 9.17) is 0 Å². The second-order valence-electron chi connectivity index (χ2n) is 4.83.